The van der Waals surface area contributed by atoms with Gasteiger partial charge in [-0.3, -0.25) is 4.79 Å². The number of rotatable bonds is 4. The Balaban J connectivity index is 2.24. The third kappa shape index (κ3) is 3.89. The molecule has 0 aromatic carbocycles. The quantitative estimate of drug-likeness (QED) is 0.848. The third-order valence-corrected chi connectivity index (χ3v) is 3.25. The molecule has 0 bridgehead atoms. The van der Waals surface area contributed by atoms with Crippen LogP contribution in [0.1, 0.15) is 17.7 Å². The fourth-order valence-electron chi connectivity index (χ4n) is 0.952. The third-order valence-electron chi connectivity index (χ3n) is 1.56. The van der Waals surface area contributed by atoms with Crippen molar-refractivity contribution in [2.75, 3.05) is 0 Å². The summed E-state index contributed by atoms with van der Waals surface area (Å²) in [6.45, 7) is 0. The second kappa shape index (κ2) is 5.36. The van der Waals surface area contributed by atoms with Gasteiger partial charge < -0.3 is 4.84 Å². The number of thiophene rings is 1. The molecule has 0 saturated carbocycles. The van der Waals surface area contributed by atoms with Crippen molar-refractivity contribution >= 4 is 33.2 Å². The minimum Gasteiger partial charge on any atom is -0.373 e. The Bertz CT molecular complexity index is 287. The van der Waals surface area contributed by atoms with Crippen LogP contribution < -0.4 is 5.90 Å². The first-order valence-corrected chi connectivity index (χ1v) is 5.47. The molecular weight excluding hydrogens is 254 g/mol. The Morgan fingerprint density at radius 2 is 2.38 bits per heavy atom. The number of hydrogen-bond donors (Lipinski definition) is 1. The lowest BCUT2D eigenvalue weighted by Crippen LogP contribution is -2.09. The lowest BCUT2D eigenvalue weighted by Gasteiger charge is -1.96. The van der Waals surface area contributed by atoms with Crippen LogP contribution in [-0.4, -0.2) is 5.97 Å². The summed E-state index contributed by atoms with van der Waals surface area (Å²) in [7, 11) is 0. The Kier molecular flexibility index (Phi) is 4.41. The van der Waals surface area contributed by atoms with E-state index in [4.69, 9.17) is 5.90 Å². The van der Waals surface area contributed by atoms with E-state index in [2.05, 4.69) is 20.8 Å². The van der Waals surface area contributed by atoms with E-state index in [1.807, 2.05) is 12.1 Å². The second-order valence-corrected chi connectivity index (χ2v) is 5.10. The first-order valence-electron chi connectivity index (χ1n) is 3.86. The van der Waals surface area contributed by atoms with Crippen molar-refractivity contribution in [3.05, 3.63) is 20.8 Å². The summed E-state index contributed by atoms with van der Waals surface area (Å²) in [5.41, 5.74) is 0. The van der Waals surface area contributed by atoms with Crippen LogP contribution >= 0.6 is 27.3 Å². The molecule has 72 valence electrons. The van der Waals surface area contributed by atoms with Gasteiger partial charge in [0.05, 0.1) is 3.79 Å². The Labute approximate surface area is 89.0 Å². The summed E-state index contributed by atoms with van der Waals surface area (Å²) in [4.78, 5) is 16.0. The van der Waals surface area contributed by atoms with Crippen molar-refractivity contribution in [1.29, 1.82) is 0 Å². The van der Waals surface area contributed by atoms with Gasteiger partial charge in [-0.15, -0.1) is 11.3 Å². The minimum atomic E-state index is -0.351. The van der Waals surface area contributed by atoms with Gasteiger partial charge in [0.2, 0.25) is 0 Å². The zero-order valence-electron chi connectivity index (χ0n) is 6.96. The van der Waals surface area contributed by atoms with E-state index in [-0.39, 0.29) is 5.97 Å². The molecule has 1 rings (SSSR count). The van der Waals surface area contributed by atoms with Crippen LogP contribution in [0.5, 0.6) is 0 Å². The van der Waals surface area contributed by atoms with Gasteiger partial charge in [-0.25, -0.2) is 0 Å². The van der Waals surface area contributed by atoms with Crippen molar-refractivity contribution in [2.24, 2.45) is 5.90 Å². The monoisotopic (exact) mass is 263 g/mol. The van der Waals surface area contributed by atoms with Crippen molar-refractivity contribution < 1.29 is 9.63 Å². The van der Waals surface area contributed by atoms with Gasteiger partial charge in [0, 0.05) is 11.3 Å². The fourth-order valence-corrected chi connectivity index (χ4v) is 2.48. The second-order valence-electron chi connectivity index (χ2n) is 2.55. The Morgan fingerprint density at radius 3 is 2.92 bits per heavy atom. The number of carbonyl (C=O) groups is 1. The molecule has 13 heavy (non-hydrogen) atoms. The summed E-state index contributed by atoms with van der Waals surface area (Å²) in [5, 5.41) is 0. The van der Waals surface area contributed by atoms with Gasteiger partial charge in [-0.1, -0.05) is 0 Å². The highest BCUT2D eigenvalue weighted by molar-refractivity contribution is 9.11. The summed E-state index contributed by atoms with van der Waals surface area (Å²) in [6, 6.07) is 4.05. The van der Waals surface area contributed by atoms with Crippen LogP contribution in [0, 0.1) is 0 Å². The smallest absolute Gasteiger partial charge is 0.324 e. The first-order chi connectivity index (χ1) is 6.22. The van der Waals surface area contributed by atoms with Crippen LogP contribution in [0.25, 0.3) is 0 Å². The number of hydrogen-bond acceptors (Lipinski definition) is 4. The van der Waals surface area contributed by atoms with E-state index in [1.54, 1.807) is 11.3 Å². The zero-order chi connectivity index (χ0) is 9.68. The standard InChI is InChI=1S/C8H10BrNO2S/c9-7-5-4-6(13-7)2-1-3-8(11)12-10/h4-5H,1-3,10H2. The highest BCUT2D eigenvalue weighted by Gasteiger charge is 2.02. The van der Waals surface area contributed by atoms with Crippen LogP contribution in [0.4, 0.5) is 0 Å². The molecular formula is C8H10BrNO2S. The predicted molar refractivity (Wildman–Crippen MR) is 55.2 cm³/mol. The summed E-state index contributed by atoms with van der Waals surface area (Å²) in [6.07, 6.45) is 2.06. The SMILES string of the molecule is NOC(=O)CCCc1ccc(Br)s1. The van der Waals surface area contributed by atoms with Crippen molar-refractivity contribution in [3.8, 4) is 0 Å². The molecule has 0 amide bonds. The van der Waals surface area contributed by atoms with E-state index in [1.165, 1.54) is 4.88 Å². The molecule has 0 unspecified atom stereocenters. The Hall–Kier alpha value is -0.390. The lowest BCUT2D eigenvalue weighted by atomic mass is 10.2. The van der Waals surface area contributed by atoms with Gasteiger partial charge in [0.15, 0.2) is 0 Å². The topological polar surface area (TPSA) is 52.3 Å². The number of carbonyl (C=O) groups excluding carboxylic acids is 1. The normalized spacial score (nSPS) is 10.0. The molecule has 0 aliphatic rings. The first kappa shape index (κ1) is 10.7. The number of aryl methyl sites for hydroxylation is 1. The van der Waals surface area contributed by atoms with Crippen molar-refractivity contribution in [2.45, 2.75) is 19.3 Å². The maximum Gasteiger partial charge on any atom is 0.324 e. The fraction of sp³-hybridized carbons (Fsp3) is 0.375. The summed E-state index contributed by atoms with van der Waals surface area (Å²) >= 11 is 5.05. The molecule has 1 heterocycles. The van der Waals surface area contributed by atoms with E-state index in [0.717, 1.165) is 16.6 Å². The van der Waals surface area contributed by atoms with Gasteiger partial charge in [0.25, 0.3) is 0 Å². The molecule has 0 fully saturated rings. The molecule has 1 aromatic heterocycles. The van der Waals surface area contributed by atoms with Crippen LogP contribution in [0.15, 0.2) is 15.9 Å². The number of nitrogens with two attached hydrogens (primary N) is 1. The van der Waals surface area contributed by atoms with Crippen molar-refractivity contribution in [1.82, 2.24) is 0 Å². The van der Waals surface area contributed by atoms with Gasteiger partial charge in [-0.2, -0.15) is 5.90 Å². The summed E-state index contributed by atoms with van der Waals surface area (Å²) in [5.74, 6) is 4.35. The van der Waals surface area contributed by atoms with Crippen LogP contribution in [0.3, 0.4) is 0 Å². The molecule has 0 saturated heterocycles. The maximum atomic E-state index is 10.7. The van der Waals surface area contributed by atoms with E-state index < -0.39 is 0 Å². The van der Waals surface area contributed by atoms with Gasteiger partial charge in [0.1, 0.15) is 0 Å². The van der Waals surface area contributed by atoms with Crippen LogP contribution in [-0.2, 0) is 16.1 Å². The van der Waals surface area contributed by atoms with Crippen LogP contribution in [0.2, 0.25) is 0 Å². The van der Waals surface area contributed by atoms with E-state index in [0.29, 0.717) is 6.42 Å². The Morgan fingerprint density at radius 1 is 1.62 bits per heavy atom. The molecule has 0 spiro atoms. The molecule has 0 atom stereocenters. The molecule has 5 heteroatoms. The number of halogens is 1. The molecule has 2 N–H and O–H groups in total. The highest BCUT2D eigenvalue weighted by Crippen LogP contribution is 2.23. The largest absolute Gasteiger partial charge is 0.373 e. The van der Waals surface area contributed by atoms with E-state index in [9.17, 15) is 4.79 Å². The average molecular weight is 264 g/mol. The van der Waals surface area contributed by atoms with Crippen molar-refractivity contribution in [3.63, 3.8) is 0 Å². The molecule has 0 aliphatic heterocycles. The van der Waals surface area contributed by atoms with E-state index >= 15 is 0 Å². The average Bonchev–Trinajstić information content (AvgIpc) is 2.51. The van der Waals surface area contributed by atoms with Gasteiger partial charge in [-0.05, 0) is 40.9 Å². The minimum absolute atomic E-state index is 0.351. The lowest BCUT2D eigenvalue weighted by molar-refractivity contribution is -0.144. The zero-order valence-corrected chi connectivity index (χ0v) is 9.36. The molecule has 3 nitrogen and oxygen atoms in total. The maximum absolute atomic E-state index is 10.7. The summed E-state index contributed by atoms with van der Waals surface area (Å²) < 4.78 is 1.11. The molecule has 1 aromatic rings. The highest BCUT2D eigenvalue weighted by atomic mass is 79.9. The molecule has 0 radical (unpaired) electrons. The van der Waals surface area contributed by atoms with Gasteiger partial charge >= 0.3 is 5.97 Å². The molecule has 0 aliphatic carbocycles. The predicted octanol–water partition coefficient (Wildman–Crippen LogP) is 2.25.